The Kier molecular flexibility index (Phi) is 4.65. The number of benzene rings is 2. The minimum atomic E-state index is -0.1000. The van der Waals surface area contributed by atoms with Crippen LogP contribution in [0.3, 0.4) is 0 Å². The fourth-order valence-electron chi connectivity index (χ4n) is 2.44. The molecule has 0 radical (unpaired) electrons. The van der Waals surface area contributed by atoms with Crippen LogP contribution < -0.4 is 0 Å². The Morgan fingerprint density at radius 2 is 1.96 bits per heavy atom. The predicted molar refractivity (Wildman–Crippen MR) is 101 cm³/mol. The van der Waals surface area contributed by atoms with Gasteiger partial charge in [-0.3, -0.25) is 4.79 Å². The number of aromatic nitrogens is 1. The van der Waals surface area contributed by atoms with Crippen LogP contribution in [0.4, 0.5) is 0 Å². The predicted octanol–water partition coefficient (Wildman–Crippen LogP) is 4.71. The van der Waals surface area contributed by atoms with Crippen LogP contribution in [0.5, 0.6) is 0 Å². The summed E-state index contributed by atoms with van der Waals surface area (Å²) in [5.74, 6) is -0.1000. The molecule has 23 heavy (non-hydrogen) atoms. The van der Waals surface area contributed by atoms with E-state index in [4.69, 9.17) is 0 Å². The van der Waals surface area contributed by atoms with E-state index in [-0.39, 0.29) is 5.91 Å². The Morgan fingerprint density at radius 1 is 1.22 bits per heavy atom. The number of carbonyl (C=O) groups excluding carboxylic acids is 1. The molecule has 3 nitrogen and oxygen atoms in total. The van der Waals surface area contributed by atoms with Crippen molar-refractivity contribution in [3.05, 3.63) is 87.9 Å². The molecule has 0 aliphatic heterocycles. The molecule has 4 heteroatoms. The summed E-state index contributed by atoms with van der Waals surface area (Å²) in [5.41, 5.74) is 5.30. The Bertz CT molecular complexity index is 873. The summed E-state index contributed by atoms with van der Waals surface area (Å²) in [6.45, 7) is 4.08. The quantitative estimate of drug-likeness (QED) is 0.487. The molecule has 3 aromatic rings. The molecule has 0 aliphatic rings. The third-order valence-corrected chi connectivity index (χ3v) is 4.62. The average molecular weight is 414 g/mol. The van der Waals surface area contributed by atoms with Crippen LogP contribution in [0, 0.1) is 3.57 Å². The van der Waals surface area contributed by atoms with E-state index in [1.807, 2.05) is 54.6 Å². The van der Waals surface area contributed by atoms with E-state index >= 15 is 0 Å². The third-order valence-electron chi connectivity index (χ3n) is 3.57. The number of carbonyl (C=O) groups is 1. The van der Waals surface area contributed by atoms with Crippen molar-refractivity contribution in [2.45, 2.75) is 6.54 Å². The third kappa shape index (κ3) is 3.38. The first-order valence-electron chi connectivity index (χ1n) is 7.17. The Hall–Kier alpha value is -2.30. The van der Waals surface area contributed by atoms with Crippen LogP contribution in [-0.4, -0.2) is 15.8 Å². The molecule has 114 valence electrons. The summed E-state index contributed by atoms with van der Waals surface area (Å²) in [4.78, 5) is 17.6. The van der Waals surface area contributed by atoms with Crippen LogP contribution in [0.15, 0.2) is 73.1 Å². The van der Waals surface area contributed by atoms with Crippen molar-refractivity contribution in [3.8, 4) is 0 Å². The van der Waals surface area contributed by atoms with Gasteiger partial charge in [-0.1, -0.05) is 43.0 Å². The van der Waals surface area contributed by atoms with Crippen LogP contribution in [0.1, 0.15) is 16.1 Å². The van der Waals surface area contributed by atoms with Gasteiger partial charge in [-0.15, -0.1) is 5.73 Å². The second kappa shape index (κ2) is 6.86. The van der Waals surface area contributed by atoms with Crippen LogP contribution in [-0.2, 0) is 6.54 Å². The highest BCUT2D eigenvalue weighted by Gasteiger charge is 2.17. The smallest absolute Gasteiger partial charge is 0.275 e. The van der Waals surface area contributed by atoms with E-state index in [0.717, 1.165) is 20.0 Å². The van der Waals surface area contributed by atoms with E-state index in [1.54, 1.807) is 11.1 Å². The lowest BCUT2D eigenvalue weighted by Crippen LogP contribution is -2.25. The number of nitrogens with one attached hydrogen (secondary N) is 1. The van der Waals surface area contributed by atoms with Gasteiger partial charge in [0.15, 0.2) is 0 Å². The number of fused-ring (bicyclic) bond motifs is 1. The van der Waals surface area contributed by atoms with Crippen molar-refractivity contribution in [1.29, 1.82) is 0 Å². The van der Waals surface area contributed by atoms with Crippen molar-refractivity contribution in [1.82, 2.24) is 9.88 Å². The van der Waals surface area contributed by atoms with Gasteiger partial charge in [0.05, 0.1) is 6.54 Å². The van der Waals surface area contributed by atoms with Crippen molar-refractivity contribution in [2.75, 3.05) is 0 Å². The van der Waals surface area contributed by atoms with Gasteiger partial charge in [0, 0.05) is 20.7 Å². The lowest BCUT2D eigenvalue weighted by Gasteiger charge is -2.17. The summed E-state index contributed by atoms with van der Waals surface area (Å²) in [5, 5.41) is 1.02. The number of para-hydroxylation sites is 1. The first-order valence-corrected chi connectivity index (χ1v) is 8.25. The van der Waals surface area contributed by atoms with Crippen LogP contribution in [0.2, 0.25) is 0 Å². The number of H-pyrrole nitrogens is 1. The van der Waals surface area contributed by atoms with Crippen LogP contribution in [0.25, 0.3) is 10.9 Å². The summed E-state index contributed by atoms with van der Waals surface area (Å²) in [6.07, 6.45) is 1.59. The van der Waals surface area contributed by atoms with Crippen molar-refractivity contribution in [2.24, 2.45) is 0 Å². The van der Waals surface area contributed by atoms with E-state index in [9.17, 15) is 4.79 Å². The summed E-state index contributed by atoms with van der Waals surface area (Å²) < 4.78 is 1.12. The lowest BCUT2D eigenvalue weighted by atomic mass is 10.2. The fourth-order valence-corrected chi connectivity index (χ4v) is 3.00. The van der Waals surface area contributed by atoms with Gasteiger partial charge in [0.2, 0.25) is 0 Å². The number of rotatable bonds is 4. The van der Waals surface area contributed by atoms with Gasteiger partial charge >= 0.3 is 0 Å². The lowest BCUT2D eigenvalue weighted by molar-refractivity contribution is 0.0809. The second-order valence-corrected chi connectivity index (χ2v) is 6.29. The molecule has 1 heterocycles. The fraction of sp³-hybridized carbons (Fsp3) is 0.0526. The highest BCUT2D eigenvalue weighted by molar-refractivity contribution is 14.1. The number of aromatic amines is 1. The molecular formula is C19H15IN2O. The number of halogens is 1. The first kappa shape index (κ1) is 15.6. The first-order chi connectivity index (χ1) is 11.2. The maximum absolute atomic E-state index is 12.8. The summed E-state index contributed by atoms with van der Waals surface area (Å²) in [7, 11) is 0. The zero-order valence-electron chi connectivity index (χ0n) is 12.4. The molecule has 3 rings (SSSR count). The topological polar surface area (TPSA) is 36.1 Å². The SMILES string of the molecule is C=C=CN(Cc1ccccc1I)C(=O)c1cc2ccccc2[nH]1. The van der Waals surface area contributed by atoms with E-state index in [2.05, 4.69) is 39.9 Å². The van der Waals surface area contributed by atoms with Crippen LogP contribution >= 0.6 is 22.6 Å². The zero-order valence-corrected chi connectivity index (χ0v) is 14.6. The van der Waals surface area contributed by atoms with E-state index < -0.39 is 0 Å². The van der Waals surface area contributed by atoms with Gasteiger partial charge in [-0.05, 0) is 46.4 Å². The van der Waals surface area contributed by atoms with Gasteiger partial charge in [0.25, 0.3) is 5.91 Å². The molecule has 0 fully saturated rings. The summed E-state index contributed by atoms with van der Waals surface area (Å²) >= 11 is 2.28. The molecule has 0 aliphatic carbocycles. The molecule has 2 aromatic carbocycles. The van der Waals surface area contributed by atoms with Crippen molar-refractivity contribution >= 4 is 39.4 Å². The largest absolute Gasteiger partial charge is 0.351 e. The molecule has 0 unspecified atom stereocenters. The molecule has 0 saturated heterocycles. The monoisotopic (exact) mass is 414 g/mol. The van der Waals surface area contributed by atoms with E-state index in [0.29, 0.717) is 12.2 Å². The molecule has 1 amide bonds. The standard InChI is InChI=1S/C19H15IN2O/c1-2-11-22(13-15-8-3-5-9-16(15)20)19(23)18-12-14-7-4-6-10-17(14)21-18/h3-12,21H,1,13H2. The van der Waals surface area contributed by atoms with Gasteiger partial charge in [-0.25, -0.2) is 0 Å². The molecular weight excluding hydrogens is 399 g/mol. The Labute approximate surface area is 148 Å². The minimum absolute atomic E-state index is 0.1000. The van der Waals surface area contributed by atoms with Gasteiger partial charge in [0.1, 0.15) is 5.69 Å². The highest BCUT2D eigenvalue weighted by atomic mass is 127. The number of hydrogen-bond donors (Lipinski definition) is 1. The Morgan fingerprint density at radius 3 is 2.70 bits per heavy atom. The molecule has 0 bridgehead atoms. The summed E-state index contributed by atoms with van der Waals surface area (Å²) in [6, 6.07) is 17.7. The highest BCUT2D eigenvalue weighted by Crippen LogP contribution is 2.19. The van der Waals surface area contributed by atoms with E-state index in [1.165, 1.54) is 0 Å². The van der Waals surface area contributed by atoms with Gasteiger partial charge < -0.3 is 9.88 Å². The average Bonchev–Trinajstić information content (AvgIpc) is 3.00. The number of hydrogen-bond acceptors (Lipinski definition) is 1. The molecule has 0 spiro atoms. The molecule has 1 aromatic heterocycles. The molecule has 1 N–H and O–H groups in total. The maximum atomic E-state index is 12.8. The molecule has 0 atom stereocenters. The minimum Gasteiger partial charge on any atom is -0.351 e. The maximum Gasteiger partial charge on any atom is 0.275 e. The number of amides is 1. The zero-order chi connectivity index (χ0) is 16.2. The molecule has 0 saturated carbocycles. The Balaban J connectivity index is 1.92. The second-order valence-electron chi connectivity index (χ2n) is 5.13. The van der Waals surface area contributed by atoms with Crippen molar-refractivity contribution in [3.63, 3.8) is 0 Å². The van der Waals surface area contributed by atoms with Crippen molar-refractivity contribution < 1.29 is 4.79 Å². The van der Waals surface area contributed by atoms with Gasteiger partial charge in [-0.2, -0.15) is 0 Å². The number of nitrogens with zero attached hydrogens (tertiary/aromatic N) is 1. The normalized spacial score (nSPS) is 10.3.